The first kappa shape index (κ1) is 98.0. The molecule has 654 valence electrons. The summed E-state index contributed by atoms with van der Waals surface area (Å²) < 4.78 is 70.6. The molecule has 0 bridgehead atoms. The number of ether oxygens (including phenoxy) is 12. The van der Waals surface area contributed by atoms with Crippen molar-refractivity contribution < 1.29 is 169 Å². The molecule has 0 spiro atoms. The molecule has 0 unspecified atom stereocenters. The first-order valence-electron chi connectivity index (χ1n) is 41.3. The Kier molecular flexibility index (Phi) is 46.1. The Balaban J connectivity index is 1.08. The Morgan fingerprint density at radius 1 is 0.387 bits per heavy atom. The summed E-state index contributed by atoms with van der Waals surface area (Å²) in [5.74, 6) is -0.199. The molecule has 0 aromatic rings. The summed E-state index contributed by atoms with van der Waals surface area (Å²) >= 11 is 0. The molecule has 1 amide bonds. The second-order valence-corrected chi connectivity index (χ2v) is 31.7. The average Bonchev–Trinajstić information content (AvgIpc) is 1.64. The molecule has 6 aliphatic heterocycles. The second kappa shape index (κ2) is 52.3. The van der Waals surface area contributed by atoms with E-state index in [0.717, 1.165) is 70.6 Å². The third-order valence-corrected chi connectivity index (χ3v) is 22.2. The van der Waals surface area contributed by atoms with E-state index in [-0.39, 0.29) is 12.8 Å². The quantitative estimate of drug-likeness (QED) is 0.0290. The van der Waals surface area contributed by atoms with Crippen molar-refractivity contribution in [1.29, 1.82) is 0 Å². The Labute approximate surface area is 652 Å². The SMILES string of the molecule is CCCCCCCCCCCCCCCCCCCCCC[C@@H](O)C(=O)N[C@@H](CO[C@@H]1O[C@H](CO[C@H]2OC[C@H](O)[C@H](O)[C@H]2O[C@H]2O[C@H](CO)[C@H](O)[C@H](O[C@@H]3O[C@@H]([C@@H](O)CO)[C@H](O[C@H]4O[C@@H]([C@@H](O)CO)[C@H](O)[C@H]4O)[C@H]3O[C@H]3O[C@@H]([C@H](O)CO)[C@H](O)[C@H]3O)[C@H]2O)[C@@H](O)[C@H](O)[C@H]1O)[C@H](O)[C@H](O)CCCCCCCCCCC(C)C. The van der Waals surface area contributed by atoms with Gasteiger partial charge in [0.1, 0.15) is 153 Å². The average molecular weight is 1610 g/mol. The Morgan fingerprint density at radius 3 is 1.29 bits per heavy atom. The van der Waals surface area contributed by atoms with Crippen LogP contribution < -0.4 is 5.32 Å². The van der Waals surface area contributed by atoms with E-state index >= 15 is 0 Å². The molecule has 33 atom stereocenters. The van der Waals surface area contributed by atoms with Gasteiger partial charge >= 0.3 is 0 Å². The molecule has 6 fully saturated rings. The lowest BCUT2D eigenvalue weighted by Crippen LogP contribution is -2.64. The van der Waals surface area contributed by atoms with E-state index in [1.54, 1.807) is 0 Å². The van der Waals surface area contributed by atoms with Crippen LogP contribution in [-0.2, 0) is 61.6 Å². The number of hydrogen-bond acceptors (Lipinski definition) is 34. The van der Waals surface area contributed by atoms with Gasteiger partial charge in [-0.3, -0.25) is 4.79 Å². The van der Waals surface area contributed by atoms with E-state index in [2.05, 4.69) is 26.1 Å². The van der Waals surface area contributed by atoms with Gasteiger partial charge in [0.15, 0.2) is 37.7 Å². The van der Waals surface area contributed by atoms with Crippen LogP contribution in [-0.4, -0.2) is 362 Å². The van der Waals surface area contributed by atoms with Crippen LogP contribution in [0.5, 0.6) is 0 Å². The number of nitrogens with one attached hydrogen (secondary N) is 1. The van der Waals surface area contributed by atoms with Gasteiger partial charge in [-0.15, -0.1) is 0 Å². The van der Waals surface area contributed by atoms with Crippen LogP contribution in [0.15, 0.2) is 0 Å². The fourth-order valence-electron chi connectivity index (χ4n) is 15.1. The summed E-state index contributed by atoms with van der Waals surface area (Å²) in [4.78, 5) is 13.7. The van der Waals surface area contributed by atoms with Crippen molar-refractivity contribution in [2.45, 2.75) is 422 Å². The van der Waals surface area contributed by atoms with Crippen LogP contribution in [0.25, 0.3) is 0 Å². The van der Waals surface area contributed by atoms with Gasteiger partial charge in [-0.2, -0.15) is 0 Å². The topological polar surface area (TPSA) is 565 Å². The number of unbranched alkanes of at least 4 members (excludes halogenated alkanes) is 26. The molecule has 0 aromatic heterocycles. The molecule has 6 heterocycles. The van der Waals surface area contributed by atoms with Gasteiger partial charge in [-0.05, 0) is 18.8 Å². The molecule has 6 rings (SSSR count). The predicted molar refractivity (Wildman–Crippen MR) is 390 cm³/mol. The minimum atomic E-state index is -2.30. The van der Waals surface area contributed by atoms with Crippen molar-refractivity contribution in [2.75, 3.05) is 46.2 Å². The van der Waals surface area contributed by atoms with Crippen molar-refractivity contribution in [3.8, 4) is 0 Å². The number of carbonyl (C=O) groups is 1. The van der Waals surface area contributed by atoms with E-state index in [9.17, 15) is 112 Å². The number of aliphatic hydroxyl groups excluding tert-OH is 21. The summed E-state index contributed by atoms with van der Waals surface area (Å²) in [6.45, 7) is 0.374. The third-order valence-electron chi connectivity index (χ3n) is 22.2. The standard InChI is InChI=1S/C76H141NO34/c1-4-5-6-7-8-9-10-11-12-13-14-15-16-17-18-19-20-25-28-31-34-45(83)70(99)77-43(52(88)44(82)33-30-27-24-22-21-23-26-29-32-42(2)3)39-100-71-59(95)56(92)54(90)51(104-71)41-102-75-67(53(89)49(87)40-101-75)109-74-62(98)66(55(91)50(38-81)103-74)108-76-69(111-73-61(97)58(94)64(106-73)47(85)36-79)68(65(107-76)48(86)37-80)110-72-60(96)57(93)63(105-72)46(84)35-78/h42-69,71-76,78-98H,4-41H2,1-3H3,(H,77,99)/t43-,44+,45+,46-,47+,48-,49-,50+,51+,52-,53-,54+,55-,56-,57+,58+,59+,60+,61+,62+,63-,64-,65-,66-,67+,68-,69+,71+,72+,73+,74+,75+,76-/m0/s1. The van der Waals surface area contributed by atoms with Crippen molar-refractivity contribution in [2.24, 2.45) is 5.92 Å². The molecule has 0 saturated carbocycles. The minimum Gasteiger partial charge on any atom is -0.394 e. The Hall–Kier alpha value is -1.85. The van der Waals surface area contributed by atoms with E-state index in [4.69, 9.17) is 56.8 Å². The van der Waals surface area contributed by atoms with Crippen molar-refractivity contribution in [1.82, 2.24) is 5.32 Å². The molecule has 35 nitrogen and oxygen atoms in total. The summed E-state index contributed by atoms with van der Waals surface area (Å²) in [7, 11) is 0. The highest BCUT2D eigenvalue weighted by Gasteiger charge is 2.60. The lowest BCUT2D eigenvalue weighted by molar-refractivity contribution is -0.374. The summed E-state index contributed by atoms with van der Waals surface area (Å²) in [5.41, 5.74) is 0. The zero-order valence-corrected chi connectivity index (χ0v) is 65.2. The van der Waals surface area contributed by atoms with E-state index in [1.807, 2.05) is 0 Å². The van der Waals surface area contributed by atoms with Gasteiger partial charge in [0.25, 0.3) is 0 Å². The normalized spacial score (nSPS) is 36.0. The molecular weight excluding hydrogens is 1470 g/mol. The lowest BCUT2D eigenvalue weighted by atomic mass is 9.98. The van der Waals surface area contributed by atoms with Crippen LogP contribution in [0.4, 0.5) is 0 Å². The van der Waals surface area contributed by atoms with Gasteiger partial charge in [0, 0.05) is 0 Å². The van der Waals surface area contributed by atoms with Crippen LogP contribution in [0.3, 0.4) is 0 Å². The summed E-state index contributed by atoms with van der Waals surface area (Å²) in [6, 6.07) is -1.43. The monoisotopic (exact) mass is 1610 g/mol. The van der Waals surface area contributed by atoms with Crippen LogP contribution in [0.1, 0.15) is 220 Å². The Morgan fingerprint density at radius 2 is 0.802 bits per heavy atom. The van der Waals surface area contributed by atoms with E-state index < -0.39 is 255 Å². The molecule has 0 aromatic carbocycles. The molecule has 6 aliphatic rings. The highest BCUT2D eigenvalue weighted by atomic mass is 16.8. The van der Waals surface area contributed by atoms with Gasteiger partial charge in [-0.25, -0.2) is 0 Å². The van der Waals surface area contributed by atoms with Crippen LogP contribution >= 0.6 is 0 Å². The van der Waals surface area contributed by atoms with Crippen molar-refractivity contribution in [3.63, 3.8) is 0 Å². The molecule has 0 radical (unpaired) electrons. The third kappa shape index (κ3) is 30.4. The lowest BCUT2D eigenvalue weighted by Gasteiger charge is -2.46. The highest BCUT2D eigenvalue weighted by molar-refractivity contribution is 5.80. The summed E-state index contributed by atoms with van der Waals surface area (Å²) in [5, 5.41) is 233. The number of carbonyl (C=O) groups excluding carboxylic acids is 1. The molecule has 6 saturated heterocycles. The van der Waals surface area contributed by atoms with Crippen LogP contribution in [0.2, 0.25) is 0 Å². The zero-order chi connectivity index (χ0) is 81.3. The number of aliphatic hydroxyl groups is 21. The van der Waals surface area contributed by atoms with Crippen LogP contribution in [0, 0.1) is 5.92 Å². The maximum Gasteiger partial charge on any atom is 0.249 e. The second-order valence-electron chi connectivity index (χ2n) is 31.7. The molecule has 22 N–H and O–H groups in total. The maximum atomic E-state index is 13.7. The van der Waals surface area contributed by atoms with E-state index in [1.165, 1.54) is 103 Å². The fourth-order valence-corrected chi connectivity index (χ4v) is 15.1. The fraction of sp³-hybridized carbons (Fsp3) is 0.987. The highest BCUT2D eigenvalue weighted by Crippen LogP contribution is 2.40. The largest absolute Gasteiger partial charge is 0.394 e. The molecule has 35 heteroatoms. The van der Waals surface area contributed by atoms with Crippen molar-refractivity contribution in [3.05, 3.63) is 0 Å². The summed E-state index contributed by atoms with van der Waals surface area (Å²) in [6.07, 6.45) is -28.1. The van der Waals surface area contributed by atoms with Crippen molar-refractivity contribution >= 4 is 5.91 Å². The van der Waals surface area contributed by atoms with Gasteiger partial charge in [0.05, 0.1) is 58.4 Å². The van der Waals surface area contributed by atoms with Gasteiger partial charge < -0.3 is 169 Å². The minimum absolute atomic E-state index is 0.108. The zero-order valence-electron chi connectivity index (χ0n) is 65.2. The molecular formula is C76H141NO34. The maximum absolute atomic E-state index is 13.7. The van der Waals surface area contributed by atoms with Gasteiger partial charge in [0.2, 0.25) is 5.91 Å². The van der Waals surface area contributed by atoms with E-state index in [0.29, 0.717) is 18.8 Å². The predicted octanol–water partition coefficient (Wildman–Crippen LogP) is -2.10. The molecule has 111 heavy (non-hydrogen) atoms. The first-order chi connectivity index (χ1) is 53.2. The van der Waals surface area contributed by atoms with Gasteiger partial charge in [-0.1, -0.05) is 207 Å². The smallest absolute Gasteiger partial charge is 0.249 e. The number of rotatable bonds is 57. The number of amides is 1. The first-order valence-corrected chi connectivity index (χ1v) is 41.3. The number of hydrogen-bond donors (Lipinski definition) is 22. The Bertz CT molecular complexity index is 2430. The molecule has 0 aliphatic carbocycles.